The van der Waals surface area contributed by atoms with Crippen LogP contribution in [0.1, 0.15) is 35.5 Å². The number of nitrogens with zero attached hydrogens (tertiary/aromatic N) is 2. The fourth-order valence-electron chi connectivity index (χ4n) is 1.86. The number of aromatic nitrogens is 2. The third-order valence-corrected chi connectivity index (χ3v) is 4.71. The summed E-state index contributed by atoms with van der Waals surface area (Å²) in [6.07, 6.45) is 0. The van der Waals surface area contributed by atoms with Crippen molar-refractivity contribution in [3.05, 3.63) is 45.2 Å². The molecule has 2 aromatic rings. The molecule has 0 aliphatic heterocycles. The van der Waals surface area contributed by atoms with Gasteiger partial charge < -0.3 is 5.73 Å². The Morgan fingerprint density at radius 3 is 2.30 bits per heavy atom. The molecule has 1 unspecified atom stereocenters. The van der Waals surface area contributed by atoms with E-state index in [1.165, 1.54) is 0 Å². The molecule has 0 saturated heterocycles. The van der Waals surface area contributed by atoms with E-state index in [1.54, 1.807) is 11.8 Å². The van der Waals surface area contributed by atoms with Gasteiger partial charge in [-0.05, 0) is 62.7 Å². The number of halogens is 1. The van der Waals surface area contributed by atoms with Crippen molar-refractivity contribution in [3.63, 3.8) is 0 Å². The van der Waals surface area contributed by atoms with Crippen molar-refractivity contribution < 1.29 is 0 Å². The van der Waals surface area contributed by atoms with Gasteiger partial charge in [0, 0.05) is 26.8 Å². The average Bonchev–Trinajstić information content (AvgIpc) is 2.35. The summed E-state index contributed by atoms with van der Waals surface area (Å²) in [5, 5.41) is 0.769. The topological polar surface area (TPSA) is 51.8 Å². The van der Waals surface area contributed by atoms with Crippen molar-refractivity contribution >= 4 is 27.7 Å². The van der Waals surface area contributed by atoms with Gasteiger partial charge in [-0.25, -0.2) is 9.97 Å². The Bertz CT molecular complexity index is 618. The molecule has 3 nitrogen and oxygen atoms in total. The number of benzene rings is 1. The molecule has 0 aliphatic carbocycles. The molecule has 0 radical (unpaired) electrons. The minimum absolute atomic E-state index is 0.0155. The molecule has 0 fully saturated rings. The maximum absolute atomic E-state index is 6.03. The summed E-state index contributed by atoms with van der Waals surface area (Å²) < 4.78 is 1.03. The smallest absolute Gasteiger partial charge is 0.192 e. The number of hydrogen-bond donors (Lipinski definition) is 1. The molecular weight excluding hydrogens is 334 g/mol. The van der Waals surface area contributed by atoms with Crippen LogP contribution in [0.4, 0.5) is 0 Å². The quantitative estimate of drug-likeness (QED) is 0.835. The van der Waals surface area contributed by atoms with Gasteiger partial charge in [0.15, 0.2) is 5.16 Å². The summed E-state index contributed by atoms with van der Waals surface area (Å²) in [5.41, 5.74) is 10.3. The monoisotopic (exact) mass is 351 g/mol. The van der Waals surface area contributed by atoms with Crippen molar-refractivity contribution in [1.82, 2.24) is 9.97 Å². The zero-order valence-corrected chi connectivity index (χ0v) is 14.5. The normalized spacial score (nSPS) is 12.5. The van der Waals surface area contributed by atoms with E-state index in [0.717, 1.165) is 37.0 Å². The first kappa shape index (κ1) is 15.5. The Hall–Kier alpha value is -0.910. The lowest BCUT2D eigenvalue weighted by Gasteiger charge is -2.13. The minimum atomic E-state index is -0.0155. The van der Waals surface area contributed by atoms with E-state index in [-0.39, 0.29) is 6.04 Å². The van der Waals surface area contributed by atoms with Gasteiger partial charge in [0.25, 0.3) is 0 Å². The molecule has 0 amide bonds. The van der Waals surface area contributed by atoms with Crippen LogP contribution in [-0.4, -0.2) is 9.97 Å². The zero-order chi connectivity index (χ0) is 14.9. The van der Waals surface area contributed by atoms with Crippen LogP contribution in [0, 0.1) is 20.8 Å². The first-order valence-electron chi connectivity index (χ1n) is 6.43. The van der Waals surface area contributed by atoms with Crippen molar-refractivity contribution in [3.8, 4) is 0 Å². The number of hydrogen-bond acceptors (Lipinski definition) is 4. The molecule has 1 heterocycles. The molecule has 1 aromatic carbocycles. The highest BCUT2D eigenvalue weighted by Gasteiger charge is 2.12. The van der Waals surface area contributed by atoms with Crippen LogP contribution in [0.25, 0.3) is 0 Å². The highest BCUT2D eigenvalue weighted by molar-refractivity contribution is 9.10. The van der Waals surface area contributed by atoms with Crippen molar-refractivity contribution in [1.29, 1.82) is 0 Å². The number of nitrogens with two attached hydrogens (primary N) is 1. The highest BCUT2D eigenvalue weighted by atomic mass is 79.9. The summed E-state index contributed by atoms with van der Waals surface area (Å²) in [6.45, 7) is 8.06. The number of rotatable bonds is 3. The fourth-order valence-corrected chi connectivity index (χ4v) is 3.49. The van der Waals surface area contributed by atoms with Gasteiger partial charge in [-0.2, -0.15) is 0 Å². The fraction of sp³-hybridized carbons (Fsp3) is 0.333. The Morgan fingerprint density at radius 1 is 1.15 bits per heavy atom. The molecule has 0 saturated carbocycles. The van der Waals surface area contributed by atoms with E-state index >= 15 is 0 Å². The molecule has 2 rings (SSSR count). The molecule has 0 spiro atoms. The van der Waals surface area contributed by atoms with Crippen LogP contribution in [0.15, 0.2) is 32.7 Å². The summed E-state index contributed by atoms with van der Waals surface area (Å²) in [5.74, 6) is 0. The summed E-state index contributed by atoms with van der Waals surface area (Å²) in [4.78, 5) is 10.2. The third kappa shape index (κ3) is 3.40. The second-order valence-corrected chi connectivity index (χ2v) is 6.80. The summed E-state index contributed by atoms with van der Waals surface area (Å²) in [6, 6.07) is 6.11. The Morgan fingerprint density at radius 2 is 1.75 bits per heavy atom. The predicted octanol–water partition coefficient (Wildman–Crippen LogP) is 4.34. The molecule has 1 aromatic heterocycles. The van der Waals surface area contributed by atoms with Gasteiger partial charge in [0.2, 0.25) is 0 Å². The lowest BCUT2D eigenvalue weighted by Crippen LogP contribution is -2.06. The van der Waals surface area contributed by atoms with Gasteiger partial charge in [-0.3, -0.25) is 0 Å². The second kappa shape index (κ2) is 6.24. The minimum Gasteiger partial charge on any atom is -0.324 e. The lowest BCUT2D eigenvalue weighted by molar-refractivity contribution is 0.795. The first-order chi connectivity index (χ1) is 9.38. The summed E-state index contributed by atoms with van der Waals surface area (Å²) in [7, 11) is 0. The highest BCUT2D eigenvalue weighted by Crippen LogP contribution is 2.33. The zero-order valence-electron chi connectivity index (χ0n) is 12.1. The van der Waals surface area contributed by atoms with Gasteiger partial charge in [-0.1, -0.05) is 22.0 Å². The van der Waals surface area contributed by atoms with Gasteiger partial charge in [0.1, 0.15) is 0 Å². The first-order valence-corrected chi connectivity index (χ1v) is 8.04. The standard InChI is InChI=1S/C15H18BrN3S/c1-8-10(3)18-15(19-11(8)4)20-14-7-12(16)5-6-13(14)9(2)17/h5-7,9H,17H2,1-4H3. The molecular formula is C15H18BrN3S. The van der Waals surface area contributed by atoms with Crippen LogP contribution >= 0.6 is 27.7 Å². The average molecular weight is 352 g/mol. The van der Waals surface area contributed by atoms with Crippen LogP contribution in [0.2, 0.25) is 0 Å². The molecule has 20 heavy (non-hydrogen) atoms. The van der Waals surface area contributed by atoms with Gasteiger partial charge in [0.05, 0.1) is 0 Å². The van der Waals surface area contributed by atoms with Crippen molar-refractivity contribution in [2.45, 2.75) is 43.8 Å². The van der Waals surface area contributed by atoms with Crippen LogP contribution < -0.4 is 5.73 Å². The maximum Gasteiger partial charge on any atom is 0.192 e. The van der Waals surface area contributed by atoms with Crippen LogP contribution in [-0.2, 0) is 0 Å². The van der Waals surface area contributed by atoms with Crippen LogP contribution in [0.3, 0.4) is 0 Å². The van der Waals surface area contributed by atoms with Gasteiger partial charge in [-0.15, -0.1) is 0 Å². The third-order valence-electron chi connectivity index (χ3n) is 3.28. The van der Waals surface area contributed by atoms with Gasteiger partial charge >= 0.3 is 0 Å². The van der Waals surface area contributed by atoms with Crippen molar-refractivity contribution in [2.24, 2.45) is 5.73 Å². The maximum atomic E-state index is 6.03. The molecule has 5 heteroatoms. The Kier molecular flexibility index (Phi) is 4.83. The number of aryl methyl sites for hydroxylation is 2. The molecule has 0 aliphatic rings. The largest absolute Gasteiger partial charge is 0.324 e. The molecule has 1 atom stereocenters. The summed E-state index contributed by atoms with van der Waals surface area (Å²) >= 11 is 5.07. The van der Waals surface area contributed by atoms with E-state index in [9.17, 15) is 0 Å². The molecule has 2 N–H and O–H groups in total. The molecule has 0 bridgehead atoms. The SMILES string of the molecule is Cc1nc(Sc2cc(Br)ccc2C(C)N)nc(C)c1C. The van der Waals surface area contributed by atoms with E-state index in [4.69, 9.17) is 5.73 Å². The van der Waals surface area contributed by atoms with E-state index in [1.807, 2.05) is 39.8 Å². The molecule has 106 valence electrons. The Labute approximate surface area is 132 Å². The predicted molar refractivity (Wildman–Crippen MR) is 87.1 cm³/mol. The van der Waals surface area contributed by atoms with E-state index < -0.39 is 0 Å². The van der Waals surface area contributed by atoms with E-state index in [0.29, 0.717) is 0 Å². The lowest BCUT2D eigenvalue weighted by atomic mass is 10.1. The van der Waals surface area contributed by atoms with Crippen molar-refractivity contribution in [2.75, 3.05) is 0 Å². The van der Waals surface area contributed by atoms with E-state index in [2.05, 4.69) is 32.0 Å². The Balaban J connectivity index is 2.42. The second-order valence-electron chi connectivity index (χ2n) is 4.87. The van der Waals surface area contributed by atoms with Crippen LogP contribution in [0.5, 0.6) is 0 Å².